The third-order valence-electron chi connectivity index (χ3n) is 5.48. The van der Waals surface area contributed by atoms with E-state index in [1.165, 1.54) is 76.2 Å². The summed E-state index contributed by atoms with van der Waals surface area (Å²) < 4.78 is 12.9. The zero-order chi connectivity index (χ0) is 17.0. The van der Waals surface area contributed by atoms with Gasteiger partial charge in [-0.25, -0.2) is 4.39 Å². The number of halogens is 1. The Kier molecular flexibility index (Phi) is 9.16. The van der Waals surface area contributed by atoms with Crippen LogP contribution in [0, 0.1) is 11.7 Å². The van der Waals surface area contributed by atoms with Crippen molar-refractivity contribution in [2.75, 3.05) is 0 Å². The third kappa shape index (κ3) is 7.64. The smallest absolute Gasteiger partial charge is 0.123 e. The fraction of sp³-hybridized carbons (Fsp3) is 0.652. The highest BCUT2D eigenvalue weighted by Gasteiger charge is 2.14. The van der Waals surface area contributed by atoms with Gasteiger partial charge >= 0.3 is 0 Å². The Balaban J connectivity index is 1.55. The number of hydrogen-bond acceptors (Lipinski definition) is 0. The molecular formula is C23H35F. The van der Waals surface area contributed by atoms with Crippen LogP contribution in [0.15, 0.2) is 35.9 Å². The SMILES string of the molecule is CCCCCCCCCC1CC=C(CCc2ccc(F)cc2)CC1. The summed E-state index contributed by atoms with van der Waals surface area (Å²) in [7, 11) is 0. The highest BCUT2D eigenvalue weighted by Crippen LogP contribution is 2.30. The Labute approximate surface area is 148 Å². The van der Waals surface area contributed by atoms with Crippen molar-refractivity contribution in [2.45, 2.75) is 90.4 Å². The van der Waals surface area contributed by atoms with E-state index in [2.05, 4.69) is 13.0 Å². The molecule has 1 heteroatoms. The van der Waals surface area contributed by atoms with Gasteiger partial charge < -0.3 is 0 Å². The molecule has 0 saturated carbocycles. The predicted molar refractivity (Wildman–Crippen MR) is 103 cm³/mol. The monoisotopic (exact) mass is 330 g/mol. The van der Waals surface area contributed by atoms with Crippen molar-refractivity contribution < 1.29 is 4.39 Å². The van der Waals surface area contributed by atoms with Gasteiger partial charge in [0.15, 0.2) is 0 Å². The third-order valence-corrected chi connectivity index (χ3v) is 5.48. The molecular weight excluding hydrogens is 295 g/mol. The van der Waals surface area contributed by atoms with Gasteiger partial charge in [-0.15, -0.1) is 0 Å². The summed E-state index contributed by atoms with van der Waals surface area (Å²) in [4.78, 5) is 0. The number of benzene rings is 1. The summed E-state index contributed by atoms with van der Waals surface area (Å²) in [6.45, 7) is 2.28. The topological polar surface area (TPSA) is 0 Å². The number of allylic oxidation sites excluding steroid dienone is 2. The Morgan fingerprint density at radius 3 is 2.29 bits per heavy atom. The van der Waals surface area contributed by atoms with Crippen LogP contribution >= 0.6 is 0 Å². The molecule has 0 aliphatic heterocycles. The molecule has 134 valence electrons. The van der Waals surface area contributed by atoms with Crippen LogP contribution in [0.25, 0.3) is 0 Å². The summed E-state index contributed by atoms with van der Waals surface area (Å²) in [5.74, 6) is 0.791. The number of aryl methyl sites for hydroxylation is 1. The van der Waals surface area contributed by atoms with Gasteiger partial charge in [0.1, 0.15) is 5.82 Å². The quantitative estimate of drug-likeness (QED) is 0.289. The normalized spacial score (nSPS) is 17.8. The van der Waals surface area contributed by atoms with Gasteiger partial charge in [0, 0.05) is 0 Å². The largest absolute Gasteiger partial charge is 0.207 e. The lowest BCUT2D eigenvalue weighted by Gasteiger charge is -2.22. The second kappa shape index (κ2) is 11.4. The molecule has 2 rings (SSSR count). The van der Waals surface area contributed by atoms with Gasteiger partial charge in [0.25, 0.3) is 0 Å². The standard InChI is InChI=1S/C23H35F/c1-2-3-4-5-6-7-8-9-20-10-12-21(13-11-20)14-15-22-16-18-23(24)19-17-22/h12,16-20H,2-11,13-15H2,1H3. The zero-order valence-electron chi connectivity index (χ0n) is 15.5. The lowest BCUT2D eigenvalue weighted by molar-refractivity contribution is 0.409. The minimum atomic E-state index is -0.135. The highest BCUT2D eigenvalue weighted by atomic mass is 19.1. The molecule has 1 unspecified atom stereocenters. The first kappa shape index (κ1) is 19.2. The van der Waals surface area contributed by atoms with Crippen LogP contribution in [0.4, 0.5) is 4.39 Å². The minimum absolute atomic E-state index is 0.135. The van der Waals surface area contributed by atoms with Crippen molar-refractivity contribution in [1.82, 2.24) is 0 Å². The van der Waals surface area contributed by atoms with Gasteiger partial charge in [-0.05, 0) is 55.7 Å². The first-order valence-corrected chi connectivity index (χ1v) is 10.2. The Hall–Kier alpha value is -1.11. The van der Waals surface area contributed by atoms with Gasteiger partial charge in [-0.2, -0.15) is 0 Å². The van der Waals surface area contributed by atoms with Crippen LogP contribution < -0.4 is 0 Å². The number of unbranched alkanes of at least 4 members (excludes halogenated alkanes) is 6. The molecule has 0 saturated heterocycles. The van der Waals surface area contributed by atoms with Crippen molar-refractivity contribution in [2.24, 2.45) is 5.92 Å². The van der Waals surface area contributed by atoms with Crippen LogP contribution in [-0.4, -0.2) is 0 Å². The van der Waals surface area contributed by atoms with Gasteiger partial charge in [0.05, 0.1) is 0 Å². The fourth-order valence-electron chi connectivity index (χ4n) is 3.78. The molecule has 0 heterocycles. The van der Waals surface area contributed by atoms with E-state index in [-0.39, 0.29) is 5.82 Å². The molecule has 0 aromatic heterocycles. The maximum absolute atomic E-state index is 12.9. The van der Waals surface area contributed by atoms with Crippen LogP contribution in [0.5, 0.6) is 0 Å². The lowest BCUT2D eigenvalue weighted by Crippen LogP contribution is -2.06. The van der Waals surface area contributed by atoms with Crippen LogP contribution in [0.3, 0.4) is 0 Å². The maximum Gasteiger partial charge on any atom is 0.123 e. The van der Waals surface area contributed by atoms with E-state index in [0.717, 1.165) is 18.8 Å². The highest BCUT2D eigenvalue weighted by molar-refractivity contribution is 5.18. The second-order valence-electron chi connectivity index (χ2n) is 7.54. The number of rotatable bonds is 11. The molecule has 0 spiro atoms. The van der Waals surface area contributed by atoms with E-state index in [4.69, 9.17) is 0 Å². The van der Waals surface area contributed by atoms with Crippen LogP contribution in [0.1, 0.15) is 89.5 Å². The Morgan fingerprint density at radius 2 is 1.62 bits per heavy atom. The average molecular weight is 331 g/mol. The molecule has 0 nitrogen and oxygen atoms in total. The molecule has 1 aromatic carbocycles. The van der Waals surface area contributed by atoms with Crippen molar-refractivity contribution >= 4 is 0 Å². The summed E-state index contributed by atoms with van der Waals surface area (Å²) in [5.41, 5.74) is 2.87. The predicted octanol–water partition coefficient (Wildman–Crippen LogP) is 7.63. The van der Waals surface area contributed by atoms with E-state index in [1.807, 2.05) is 12.1 Å². The molecule has 1 aliphatic carbocycles. The summed E-state index contributed by atoms with van der Waals surface area (Å²) >= 11 is 0. The molecule has 0 radical (unpaired) electrons. The molecule has 0 N–H and O–H groups in total. The van der Waals surface area contributed by atoms with Gasteiger partial charge in [-0.3, -0.25) is 0 Å². The summed E-state index contributed by atoms with van der Waals surface area (Å²) in [5, 5.41) is 0. The number of hydrogen-bond donors (Lipinski definition) is 0. The van der Waals surface area contributed by atoms with E-state index in [9.17, 15) is 4.39 Å². The first-order chi connectivity index (χ1) is 11.8. The zero-order valence-corrected chi connectivity index (χ0v) is 15.5. The minimum Gasteiger partial charge on any atom is -0.207 e. The Morgan fingerprint density at radius 1 is 0.917 bits per heavy atom. The van der Waals surface area contributed by atoms with Crippen molar-refractivity contribution in [3.8, 4) is 0 Å². The Bertz CT molecular complexity index is 471. The summed E-state index contributed by atoms with van der Waals surface area (Å²) in [6, 6.07) is 6.98. The van der Waals surface area contributed by atoms with E-state index in [1.54, 1.807) is 17.7 Å². The fourth-order valence-corrected chi connectivity index (χ4v) is 3.78. The van der Waals surface area contributed by atoms with E-state index >= 15 is 0 Å². The molecule has 0 fully saturated rings. The molecule has 1 aliphatic rings. The molecule has 0 bridgehead atoms. The van der Waals surface area contributed by atoms with E-state index < -0.39 is 0 Å². The van der Waals surface area contributed by atoms with Gasteiger partial charge in [-0.1, -0.05) is 82.1 Å². The summed E-state index contributed by atoms with van der Waals surface area (Å²) in [6.07, 6.45) is 20.0. The van der Waals surface area contributed by atoms with Crippen LogP contribution in [-0.2, 0) is 6.42 Å². The molecule has 1 aromatic rings. The van der Waals surface area contributed by atoms with Gasteiger partial charge in [0.2, 0.25) is 0 Å². The van der Waals surface area contributed by atoms with Crippen molar-refractivity contribution in [1.29, 1.82) is 0 Å². The average Bonchev–Trinajstić information content (AvgIpc) is 2.61. The molecule has 24 heavy (non-hydrogen) atoms. The maximum atomic E-state index is 12.9. The van der Waals surface area contributed by atoms with Crippen molar-refractivity contribution in [3.63, 3.8) is 0 Å². The lowest BCUT2D eigenvalue weighted by atomic mass is 9.84. The van der Waals surface area contributed by atoms with Crippen molar-refractivity contribution in [3.05, 3.63) is 47.3 Å². The molecule has 1 atom stereocenters. The first-order valence-electron chi connectivity index (χ1n) is 10.2. The molecule has 0 amide bonds. The second-order valence-corrected chi connectivity index (χ2v) is 7.54. The van der Waals surface area contributed by atoms with Crippen LogP contribution in [0.2, 0.25) is 0 Å². The van der Waals surface area contributed by atoms with E-state index in [0.29, 0.717) is 0 Å².